The van der Waals surface area contributed by atoms with Crippen LogP contribution >= 0.6 is 0 Å². The van der Waals surface area contributed by atoms with Gasteiger partial charge in [0.1, 0.15) is 0 Å². The van der Waals surface area contributed by atoms with E-state index in [2.05, 4.69) is 14.5 Å². The van der Waals surface area contributed by atoms with Gasteiger partial charge in [0.15, 0.2) is 0 Å². The molecule has 0 aliphatic heterocycles. The molecule has 5 nitrogen and oxygen atoms in total. The molecule has 0 bridgehead atoms. The first kappa shape index (κ1) is 19.3. The van der Waals surface area contributed by atoms with Crippen molar-refractivity contribution in [2.45, 2.75) is 43.1 Å². The van der Waals surface area contributed by atoms with Gasteiger partial charge in [0.05, 0.1) is 5.25 Å². The van der Waals surface area contributed by atoms with Crippen LogP contribution in [0.1, 0.15) is 25.7 Å². The fourth-order valence-corrected chi connectivity index (χ4v) is 5.27. The zero-order chi connectivity index (χ0) is 17.2. The summed E-state index contributed by atoms with van der Waals surface area (Å²) in [6, 6.07) is 0. The zero-order valence-electron chi connectivity index (χ0n) is 11.1. The molecule has 0 aromatic heterocycles. The van der Waals surface area contributed by atoms with Crippen LogP contribution < -0.4 is 0 Å². The molecule has 12 heteroatoms. The van der Waals surface area contributed by atoms with Crippen LogP contribution in [-0.2, 0) is 24.2 Å². The monoisotopic (exact) mass is 371 g/mol. The third-order valence-corrected chi connectivity index (χ3v) is 7.09. The number of hydrogen-bond acceptors (Lipinski definition) is 4. The van der Waals surface area contributed by atoms with E-state index in [4.69, 9.17) is 0 Å². The highest BCUT2D eigenvalue weighted by atomic mass is 32.3. The topological polar surface area (TPSA) is 72.8 Å². The number of sulfonamides is 1. The Bertz CT molecular complexity index is 614. The molecule has 0 aromatic rings. The average Bonchev–Trinajstić information content (AvgIpc) is 2.35. The first-order valence-corrected chi connectivity index (χ1v) is 9.03. The Kier molecular flexibility index (Phi) is 5.95. The van der Waals surface area contributed by atoms with Crippen LogP contribution in [0.4, 0.5) is 22.0 Å². The van der Waals surface area contributed by atoms with Crippen LogP contribution in [0.2, 0.25) is 0 Å². The Labute approximate surface area is 125 Å². The second-order valence-corrected chi connectivity index (χ2v) is 8.54. The first-order chi connectivity index (χ1) is 9.91. The van der Waals surface area contributed by atoms with E-state index < -0.39 is 37.4 Å². The molecule has 0 saturated heterocycles. The lowest BCUT2D eigenvalue weighted by atomic mass is 9.89. The van der Waals surface area contributed by atoms with Crippen LogP contribution in [0.15, 0.2) is 16.4 Å². The Morgan fingerprint density at radius 2 is 1.64 bits per heavy atom. The van der Waals surface area contributed by atoms with E-state index >= 15 is 0 Å². The number of allylic oxidation sites excluding steroid dienone is 1. The van der Waals surface area contributed by atoms with Crippen molar-refractivity contribution in [1.82, 2.24) is 0 Å². The van der Waals surface area contributed by atoms with Gasteiger partial charge in [0, 0.05) is 0 Å². The summed E-state index contributed by atoms with van der Waals surface area (Å²) in [5.74, 6) is 0.0238. The molecule has 1 fully saturated rings. The minimum absolute atomic E-state index is 0.0232. The van der Waals surface area contributed by atoms with Crippen LogP contribution in [0.3, 0.4) is 0 Å². The lowest BCUT2D eigenvalue weighted by Crippen LogP contribution is -2.31. The van der Waals surface area contributed by atoms with Crippen molar-refractivity contribution in [1.29, 1.82) is 0 Å². The number of rotatable bonds is 5. The van der Waals surface area contributed by atoms with Crippen LogP contribution in [-0.4, -0.2) is 30.0 Å². The summed E-state index contributed by atoms with van der Waals surface area (Å²) in [5, 5.41) is -1.31. The fourth-order valence-electron chi connectivity index (χ4n) is 2.03. The van der Waals surface area contributed by atoms with Crippen molar-refractivity contribution in [3.8, 4) is 0 Å². The molecule has 1 rings (SSSR count). The van der Waals surface area contributed by atoms with E-state index in [9.17, 15) is 34.6 Å². The SMILES string of the molecule is C=CC1CCC(S(=O)(=O)N=S(=O)(OC(F)F)C(F)(F)F)CC1. The minimum Gasteiger partial charge on any atom is -0.211 e. The predicted octanol–water partition coefficient (Wildman–Crippen LogP) is 3.20. The highest BCUT2D eigenvalue weighted by Crippen LogP contribution is 2.34. The van der Waals surface area contributed by atoms with E-state index in [-0.39, 0.29) is 18.8 Å². The number of hydrogen-bond donors (Lipinski definition) is 0. The van der Waals surface area contributed by atoms with E-state index in [0.717, 1.165) is 0 Å². The highest BCUT2D eigenvalue weighted by Gasteiger charge is 2.49. The van der Waals surface area contributed by atoms with E-state index in [1.165, 1.54) is 0 Å². The summed E-state index contributed by atoms with van der Waals surface area (Å²) in [4.78, 5) is 0. The van der Waals surface area contributed by atoms with Crippen molar-refractivity contribution < 1.29 is 38.8 Å². The van der Waals surface area contributed by atoms with Crippen molar-refractivity contribution in [3.63, 3.8) is 0 Å². The Morgan fingerprint density at radius 1 is 1.14 bits per heavy atom. The lowest BCUT2D eigenvalue weighted by Gasteiger charge is -2.25. The third kappa shape index (κ3) is 4.62. The summed E-state index contributed by atoms with van der Waals surface area (Å²) in [7, 11) is -10.9. The molecule has 0 amide bonds. The van der Waals surface area contributed by atoms with Gasteiger partial charge < -0.3 is 0 Å². The Balaban J connectivity index is 3.14. The van der Waals surface area contributed by atoms with Gasteiger partial charge in [-0.3, -0.25) is 0 Å². The molecular weight excluding hydrogens is 357 g/mol. The van der Waals surface area contributed by atoms with Gasteiger partial charge in [-0.25, -0.2) is 16.8 Å². The van der Waals surface area contributed by atoms with Crippen LogP contribution in [0, 0.1) is 5.92 Å². The molecule has 1 aliphatic carbocycles. The van der Waals surface area contributed by atoms with Gasteiger partial charge in [-0.2, -0.15) is 22.0 Å². The fraction of sp³-hybridized carbons (Fsp3) is 0.800. The number of alkyl halides is 5. The molecule has 1 unspecified atom stereocenters. The largest absolute Gasteiger partial charge is 0.505 e. The molecule has 0 radical (unpaired) electrons. The smallest absolute Gasteiger partial charge is 0.211 e. The number of nitrogens with zero attached hydrogens (tertiary/aromatic N) is 1. The van der Waals surface area contributed by atoms with Crippen LogP contribution in [0.5, 0.6) is 0 Å². The lowest BCUT2D eigenvalue weighted by molar-refractivity contribution is -0.0854. The van der Waals surface area contributed by atoms with Crippen molar-refractivity contribution in [2.75, 3.05) is 0 Å². The summed E-state index contributed by atoms with van der Waals surface area (Å²) in [6.45, 7) is -0.554. The van der Waals surface area contributed by atoms with Crippen molar-refractivity contribution in [2.24, 2.45) is 9.69 Å². The first-order valence-electron chi connectivity index (χ1n) is 6.09. The molecule has 0 N–H and O–H groups in total. The number of halogens is 5. The summed E-state index contributed by atoms with van der Waals surface area (Å²) in [6.07, 6.45) is 2.26. The maximum atomic E-state index is 12.6. The highest BCUT2D eigenvalue weighted by molar-refractivity contribution is 8.01. The van der Waals surface area contributed by atoms with Gasteiger partial charge in [0.25, 0.3) is 20.0 Å². The second-order valence-electron chi connectivity index (χ2n) is 4.64. The summed E-state index contributed by atoms with van der Waals surface area (Å²) in [5.41, 5.74) is -5.85. The van der Waals surface area contributed by atoms with Crippen LogP contribution in [0.25, 0.3) is 0 Å². The minimum atomic E-state index is -6.06. The van der Waals surface area contributed by atoms with E-state index in [1.54, 1.807) is 6.08 Å². The quantitative estimate of drug-likeness (QED) is 0.550. The maximum absolute atomic E-state index is 12.6. The van der Waals surface area contributed by atoms with Gasteiger partial charge in [0.2, 0.25) is 0 Å². The molecule has 1 aliphatic rings. The van der Waals surface area contributed by atoms with Gasteiger partial charge >= 0.3 is 12.1 Å². The average molecular weight is 371 g/mol. The summed E-state index contributed by atoms with van der Waals surface area (Å²) < 4.78 is 102. The van der Waals surface area contributed by atoms with Crippen molar-refractivity contribution in [3.05, 3.63) is 12.7 Å². The predicted molar refractivity (Wildman–Crippen MR) is 68.6 cm³/mol. The molecule has 130 valence electrons. The Morgan fingerprint density at radius 3 is 2.00 bits per heavy atom. The van der Waals surface area contributed by atoms with Gasteiger partial charge in [-0.1, -0.05) is 9.84 Å². The molecular formula is C10H14F5NO4S2. The van der Waals surface area contributed by atoms with E-state index in [1.807, 2.05) is 0 Å². The van der Waals surface area contributed by atoms with E-state index in [0.29, 0.717) is 12.8 Å². The summed E-state index contributed by atoms with van der Waals surface area (Å²) >= 11 is 0. The van der Waals surface area contributed by atoms with Crippen molar-refractivity contribution >= 4 is 20.0 Å². The molecule has 1 atom stereocenters. The Hall–Kier alpha value is -0.750. The van der Waals surface area contributed by atoms with Gasteiger partial charge in [-0.15, -0.1) is 6.58 Å². The molecule has 0 heterocycles. The molecule has 1 saturated carbocycles. The zero-order valence-corrected chi connectivity index (χ0v) is 12.8. The normalized spacial score (nSPS) is 26.5. The molecule has 0 aromatic carbocycles. The van der Waals surface area contributed by atoms with Gasteiger partial charge in [-0.05, 0) is 31.6 Å². The standard InChI is InChI=1S/C10H14F5NO4S2/c1-2-7-3-5-8(6-4-7)21(17,18)16-22(19,10(13,14)15)20-9(11)12/h2,7-9H,1,3-6H2. The third-order valence-electron chi connectivity index (χ3n) is 3.17. The molecule has 0 spiro atoms. The maximum Gasteiger partial charge on any atom is 0.505 e. The molecule has 22 heavy (non-hydrogen) atoms. The second kappa shape index (κ2) is 6.79.